The van der Waals surface area contributed by atoms with Crippen LogP contribution in [0.15, 0.2) is 54.7 Å². The van der Waals surface area contributed by atoms with E-state index in [1.54, 1.807) is 5.48 Å². The van der Waals surface area contributed by atoms with Gasteiger partial charge in [0.15, 0.2) is 0 Å². The third-order valence-corrected chi connectivity index (χ3v) is 7.25. The second-order valence-electron chi connectivity index (χ2n) is 10.1. The number of rotatable bonds is 15. The second-order valence-corrected chi connectivity index (χ2v) is 10.1. The minimum Gasteiger partial charge on any atom is -0.448 e. The summed E-state index contributed by atoms with van der Waals surface area (Å²) in [6, 6.07) is 16.3. The summed E-state index contributed by atoms with van der Waals surface area (Å²) in [7, 11) is 0. The number of aromatic amines is 1. The maximum Gasteiger partial charge on any atom is 0.407 e. The third kappa shape index (κ3) is 8.82. The number of H-pyrrole nitrogens is 1. The molecule has 1 saturated heterocycles. The van der Waals surface area contributed by atoms with Crippen LogP contribution < -0.4 is 10.8 Å². The van der Waals surface area contributed by atoms with Crippen molar-refractivity contribution in [1.29, 1.82) is 0 Å². The predicted octanol–water partition coefficient (Wildman–Crippen LogP) is 3.39. The van der Waals surface area contributed by atoms with E-state index in [1.807, 2.05) is 41.3 Å². The van der Waals surface area contributed by atoms with Crippen molar-refractivity contribution in [2.75, 3.05) is 39.3 Å². The number of nitrogens with one attached hydrogen (secondary N) is 3. The highest BCUT2D eigenvalue weighted by molar-refractivity contribution is 5.83. The number of hydroxylamine groups is 1. The Balaban J connectivity index is 1.26. The number of alkyl carbamates (subject to hydrolysis) is 1. The Hall–Kier alpha value is -3.89. The van der Waals surface area contributed by atoms with Gasteiger partial charge in [-0.3, -0.25) is 19.7 Å². The lowest BCUT2D eigenvalue weighted by atomic mass is 10.1. The van der Waals surface area contributed by atoms with E-state index >= 15 is 0 Å². The molecule has 4 N–H and O–H groups in total. The van der Waals surface area contributed by atoms with Gasteiger partial charge in [-0.1, -0.05) is 42.5 Å². The second kappa shape index (κ2) is 15.0. The molecule has 0 bridgehead atoms. The summed E-state index contributed by atoms with van der Waals surface area (Å²) in [5.74, 6) is -0.211. The number of carbonyl (C=O) groups excluding carboxylic acids is 3. The quantitative estimate of drug-likeness (QED) is 0.131. The van der Waals surface area contributed by atoms with Gasteiger partial charge < -0.3 is 19.9 Å². The zero-order valence-electron chi connectivity index (χ0n) is 22.9. The number of amides is 3. The fraction of sp³-hybridized carbons (Fsp3) is 0.433. The van der Waals surface area contributed by atoms with Crippen molar-refractivity contribution < 1.29 is 24.3 Å². The summed E-state index contributed by atoms with van der Waals surface area (Å²) in [6.45, 7) is 4.26. The van der Waals surface area contributed by atoms with E-state index in [0.717, 1.165) is 42.6 Å². The van der Waals surface area contributed by atoms with Gasteiger partial charge in [0, 0.05) is 69.2 Å². The highest BCUT2D eigenvalue weighted by atomic mass is 16.5. The number of aromatic nitrogens is 1. The highest BCUT2D eigenvalue weighted by Crippen LogP contribution is 2.19. The molecule has 1 fully saturated rings. The molecule has 3 amide bonds. The van der Waals surface area contributed by atoms with Gasteiger partial charge in [-0.2, -0.15) is 0 Å². The molecule has 3 aromatic rings. The van der Waals surface area contributed by atoms with Crippen molar-refractivity contribution >= 4 is 28.8 Å². The number of aryl methyl sites for hydroxylation is 1. The molecule has 0 saturated carbocycles. The number of para-hydroxylation sites is 1. The lowest BCUT2D eigenvalue weighted by Crippen LogP contribution is -2.33. The Labute approximate surface area is 234 Å². The first-order valence-electron chi connectivity index (χ1n) is 14.0. The number of hydrogen-bond acceptors (Lipinski definition) is 6. The SMILES string of the molecule is O=C(CCc1ccc(CN(CCOC(=O)NCCCN2CCCC2=O)CCc2c[nH]c3ccccc23)cc1)NO. The van der Waals surface area contributed by atoms with Gasteiger partial charge in [0.05, 0.1) is 0 Å². The molecule has 10 heteroatoms. The van der Waals surface area contributed by atoms with Gasteiger partial charge in [-0.05, 0) is 48.4 Å². The van der Waals surface area contributed by atoms with Crippen LogP contribution in [0.3, 0.4) is 0 Å². The molecule has 0 aliphatic carbocycles. The van der Waals surface area contributed by atoms with Gasteiger partial charge >= 0.3 is 6.09 Å². The van der Waals surface area contributed by atoms with Gasteiger partial charge in [-0.15, -0.1) is 0 Å². The van der Waals surface area contributed by atoms with Crippen LogP contribution >= 0.6 is 0 Å². The molecule has 214 valence electrons. The number of hydrogen-bond donors (Lipinski definition) is 4. The molecular formula is C30H39N5O5. The first kappa shape index (κ1) is 29.1. The van der Waals surface area contributed by atoms with Crippen molar-refractivity contribution in [1.82, 2.24) is 25.6 Å². The average molecular weight is 550 g/mol. The zero-order valence-corrected chi connectivity index (χ0v) is 22.9. The number of ether oxygens (including phenoxy) is 1. The zero-order chi connectivity index (χ0) is 28.2. The molecule has 1 aliphatic heterocycles. The number of benzene rings is 2. The Morgan fingerprint density at radius 1 is 1.05 bits per heavy atom. The van der Waals surface area contributed by atoms with E-state index in [4.69, 9.17) is 9.94 Å². The van der Waals surface area contributed by atoms with Crippen LogP contribution in [-0.2, 0) is 33.7 Å². The molecule has 1 aromatic heterocycles. The molecule has 0 spiro atoms. The predicted molar refractivity (Wildman–Crippen MR) is 152 cm³/mol. The van der Waals surface area contributed by atoms with Crippen molar-refractivity contribution in [3.63, 3.8) is 0 Å². The molecule has 10 nitrogen and oxygen atoms in total. The number of fused-ring (bicyclic) bond motifs is 1. The Morgan fingerprint density at radius 2 is 1.85 bits per heavy atom. The maximum atomic E-state index is 12.2. The molecule has 2 heterocycles. The Bertz CT molecular complexity index is 1260. The minimum atomic E-state index is -0.444. The van der Waals surface area contributed by atoms with Crippen LogP contribution in [-0.4, -0.2) is 77.2 Å². The smallest absolute Gasteiger partial charge is 0.407 e. The van der Waals surface area contributed by atoms with Gasteiger partial charge in [0.2, 0.25) is 11.8 Å². The molecule has 0 atom stereocenters. The summed E-state index contributed by atoms with van der Waals surface area (Å²) in [5, 5.41) is 12.7. The normalized spacial score (nSPS) is 13.2. The molecule has 4 rings (SSSR count). The number of carbonyl (C=O) groups is 3. The van der Waals surface area contributed by atoms with Crippen LogP contribution in [0.4, 0.5) is 4.79 Å². The van der Waals surface area contributed by atoms with E-state index in [1.165, 1.54) is 10.9 Å². The molecule has 0 unspecified atom stereocenters. The van der Waals surface area contributed by atoms with E-state index in [0.29, 0.717) is 45.4 Å². The molecule has 1 aliphatic rings. The van der Waals surface area contributed by atoms with Gasteiger partial charge in [-0.25, -0.2) is 10.3 Å². The maximum absolute atomic E-state index is 12.2. The van der Waals surface area contributed by atoms with Crippen LogP contribution in [0.25, 0.3) is 10.9 Å². The molecule has 0 radical (unpaired) electrons. The fourth-order valence-corrected chi connectivity index (χ4v) is 4.99. The Morgan fingerprint density at radius 3 is 2.62 bits per heavy atom. The summed E-state index contributed by atoms with van der Waals surface area (Å²) in [4.78, 5) is 42.7. The van der Waals surface area contributed by atoms with E-state index in [2.05, 4.69) is 33.5 Å². The van der Waals surface area contributed by atoms with Gasteiger partial charge in [0.25, 0.3) is 0 Å². The largest absolute Gasteiger partial charge is 0.448 e. The van der Waals surface area contributed by atoms with Gasteiger partial charge in [0.1, 0.15) is 6.61 Å². The molecule has 40 heavy (non-hydrogen) atoms. The fourth-order valence-electron chi connectivity index (χ4n) is 4.99. The van der Waals surface area contributed by atoms with Crippen LogP contribution in [0.2, 0.25) is 0 Å². The van der Waals surface area contributed by atoms with E-state index in [9.17, 15) is 14.4 Å². The molecular weight excluding hydrogens is 510 g/mol. The number of likely N-dealkylation sites (tertiary alicyclic amines) is 1. The first-order chi connectivity index (χ1) is 19.5. The summed E-state index contributed by atoms with van der Waals surface area (Å²) in [6.07, 6.45) is 5.48. The topological polar surface area (TPSA) is 127 Å². The van der Waals surface area contributed by atoms with Crippen LogP contribution in [0.1, 0.15) is 42.4 Å². The van der Waals surface area contributed by atoms with Crippen molar-refractivity contribution in [2.45, 2.75) is 45.1 Å². The van der Waals surface area contributed by atoms with E-state index in [-0.39, 0.29) is 18.9 Å². The van der Waals surface area contributed by atoms with Crippen molar-refractivity contribution in [3.05, 3.63) is 71.4 Å². The first-order valence-corrected chi connectivity index (χ1v) is 14.0. The monoisotopic (exact) mass is 549 g/mol. The lowest BCUT2D eigenvalue weighted by molar-refractivity contribution is -0.129. The summed E-state index contributed by atoms with van der Waals surface area (Å²) >= 11 is 0. The number of nitrogens with zero attached hydrogens (tertiary/aromatic N) is 2. The van der Waals surface area contributed by atoms with Crippen molar-refractivity contribution in [3.8, 4) is 0 Å². The Kier molecular flexibility index (Phi) is 10.9. The third-order valence-electron chi connectivity index (χ3n) is 7.25. The van der Waals surface area contributed by atoms with Crippen molar-refractivity contribution in [2.24, 2.45) is 0 Å². The summed E-state index contributed by atoms with van der Waals surface area (Å²) in [5.41, 5.74) is 6.16. The van der Waals surface area contributed by atoms with Crippen LogP contribution in [0.5, 0.6) is 0 Å². The minimum absolute atomic E-state index is 0.194. The molecule has 2 aromatic carbocycles. The highest BCUT2D eigenvalue weighted by Gasteiger charge is 2.19. The lowest BCUT2D eigenvalue weighted by Gasteiger charge is -2.22. The summed E-state index contributed by atoms with van der Waals surface area (Å²) < 4.78 is 5.46. The van der Waals surface area contributed by atoms with Crippen LogP contribution in [0, 0.1) is 0 Å². The van der Waals surface area contributed by atoms with E-state index < -0.39 is 12.0 Å². The standard InChI is InChI=1S/C30H39N5O5/c36-28(33-39)13-12-23-8-10-24(11-9-23)22-34(18-14-25-21-32-27-6-2-1-5-26(25)27)19-20-40-30(38)31-15-4-17-35-16-3-7-29(35)37/h1-2,5-6,8-11,21,32,39H,3-4,7,12-20,22H2,(H,31,38)(H,33,36). The average Bonchev–Trinajstić information content (AvgIpc) is 3.58.